The van der Waals surface area contributed by atoms with Crippen molar-refractivity contribution in [2.45, 2.75) is 19.6 Å². The number of imidazole rings is 1. The second-order valence-electron chi connectivity index (χ2n) is 7.23. The fourth-order valence-electron chi connectivity index (χ4n) is 3.39. The highest BCUT2D eigenvalue weighted by molar-refractivity contribution is 9.10. The molecule has 8 heteroatoms. The molecule has 166 valence electrons. The zero-order valence-electron chi connectivity index (χ0n) is 17.4. The number of para-hydroxylation sites is 2. The molecule has 0 amide bonds. The number of nitrogens with one attached hydrogen (secondary N) is 2. The minimum Gasteiger partial charge on any atom is -0.493 e. The number of ether oxygens (including phenoxy) is 2. The van der Waals surface area contributed by atoms with Crippen LogP contribution in [-0.4, -0.2) is 23.6 Å². The number of H-pyrrole nitrogens is 1. The summed E-state index contributed by atoms with van der Waals surface area (Å²) in [5.74, 6) is 1.60. The van der Waals surface area contributed by atoms with E-state index in [1.54, 1.807) is 19.2 Å². The summed E-state index contributed by atoms with van der Waals surface area (Å²) in [6.07, 6.45) is 0.789. The number of aromatic nitrogens is 2. The molecule has 5 nitrogen and oxygen atoms in total. The Morgan fingerprint density at radius 3 is 2.78 bits per heavy atom. The lowest BCUT2D eigenvalue weighted by Crippen LogP contribution is -2.17. The van der Waals surface area contributed by atoms with Crippen LogP contribution in [0.1, 0.15) is 17.0 Å². The van der Waals surface area contributed by atoms with Crippen molar-refractivity contribution in [1.82, 2.24) is 15.3 Å². The molecule has 1 aromatic heterocycles. The van der Waals surface area contributed by atoms with E-state index in [4.69, 9.17) is 21.1 Å². The molecule has 0 saturated heterocycles. The van der Waals surface area contributed by atoms with Gasteiger partial charge in [0.15, 0.2) is 11.5 Å². The van der Waals surface area contributed by atoms with Gasteiger partial charge in [0.1, 0.15) is 18.2 Å². The molecule has 0 unspecified atom stereocenters. The Morgan fingerprint density at radius 1 is 1.16 bits per heavy atom. The molecule has 0 spiro atoms. The number of hydrogen-bond donors (Lipinski definition) is 2. The second kappa shape index (κ2) is 10.3. The molecular formula is C24H22BrClFN3O2. The Labute approximate surface area is 199 Å². The minimum absolute atomic E-state index is 0.00440. The molecule has 4 aromatic rings. The fourth-order valence-corrected chi connectivity index (χ4v) is 4.21. The van der Waals surface area contributed by atoms with Crippen LogP contribution < -0.4 is 14.8 Å². The van der Waals surface area contributed by atoms with Gasteiger partial charge in [-0.25, -0.2) is 9.37 Å². The van der Waals surface area contributed by atoms with Crippen LogP contribution in [0.15, 0.2) is 59.1 Å². The van der Waals surface area contributed by atoms with Gasteiger partial charge in [-0.15, -0.1) is 0 Å². The number of halogens is 3. The van der Waals surface area contributed by atoms with Gasteiger partial charge in [0.2, 0.25) is 0 Å². The van der Waals surface area contributed by atoms with E-state index in [9.17, 15) is 4.39 Å². The number of rotatable bonds is 9. The number of aromatic amines is 1. The number of nitrogens with zero attached hydrogens (tertiary/aromatic N) is 1. The van der Waals surface area contributed by atoms with E-state index in [-0.39, 0.29) is 6.61 Å². The summed E-state index contributed by atoms with van der Waals surface area (Å²) < 4.78 is 26.1. The van der Waals surface area contributed by atoms with Gasteiger partial charge in [0.05, 0.1) is 27.6 Å². The smallest absolute Gasteiger partial charge is 0.175 e. The van der Waals surface area contributed by atoms with Crippen molar-refractivity contribution in [1.29, 1.82) is 0 Å². The molecule has 0 radical (unpaired) electrons. The van der Waals surface area contributed by atoms with Crippen LogP contribution >= 0.6 is 27.5 Å². The Balaban J connectivity index is 1.37. The van der Waals surface area contributed by atoms with E-state index < -0.39 is 5.82 Å². The summed E-state index contributed by atoms with van der Waals surface area (Å²) in [5, 5.41) is 3.75. The molecule has 0 aliphatic rings. The summed E-state index contributed by atoms with van der Waals surface area (Å²) in [5.41, 5.74) is 3.35. The average molecular weight is 519 g/mol. The Morgan fingerprint density at radius 2 is 2.00 bits per heavy atom. The SMILES string of the molecule is COc1cc(CNCCc2nc3ccccc3[nH]2)cc(Br)c1OCc1c(F)cccc1Cl. The maximum Gasteiger partial charge on any atom is 0.175 e. The van der Waals surface area contributed by atoms with Crippen LogP contribution in [0.2, 0.25) is 5.02 Å². The predicted octanol–water partition coefficient (Wildman–Crippen LogP) is 6.04. The molecule has 0 saturated carbocycles. The monoisotopic (exact) mass is 517 g/mol. The largest absolute Gasteiger partial charge is 0.493 e. The molecule has 0 fully saturated rings. The van der Waals surface area contributed by atoms with Gasteiger partial charge in [-0.1, -0.05) is 29.8 Å². The van der Waals surface area contributed by atoms with Crippen molar-refractivity contribution in [3.63, 3.8) is 0 Å². The van der Waals surface area contributed by atoms with E-state index in [1.807, 2.05) is 36.4 Å². The number of benzene rings is 3. The van der Waals surface area contributed by atoms with Crippen molar-refractivity contribution in [3.05, 3.63) is 86.9 Å². The first-order valence-corrected chi connectivity index (χ1v) is 11.3. The van der Waals surface area contributed by atoms with Gasteiger partial charge >= 0.3 is 0 Å². The molecular weight excluding hydrogens is 497 g/mol. The van der Waals surface area contributed by atoms with Crippen molar-refractivity contribution in [3.8, 4) is 11.5 Å². The number of hydrogen-bond acceptors (Lipinski definition) is 4. The maximum absolute atomic E-state index is 14.0. The standard InChI is InChI=1S/C24H22BrClFN3O2/c1-31-22-12-15(13-28-10-9-23-29-20-7-2-3-8-21(20)30-23)11-17(25)24(22)32-14-16-18(26)5-4-6-19(16)27/h2-8,11-12,28H,9-10,13-14H2,1H3,(H,29,30). The van der Waals surface area contributed by atoms with Gasteiger partial charge in [0.25, 0.3) is 0 Å². The Hall–Kier alpha value is -2.61. The summed E-state index contributed by atoms with van der Waals surface area (Å²) >= 11 is 9.63. The summed E-state index contributed by atoms with van der Waals surface area (Å²) in [6.45, 7) is 1.41. The lowest BCUT2D eigenvalue weighted by Gasteiger charge is -2.15. The Kier molecular flexibility index (Phi) is 7.29. The highest BCUT2D eigenvalue weighted by Crippen LogP contribution is 2.37. The first-order chi connectivity index (χ1) is 15.5. The highest BCUT2D eigenvalue weighted by atomic mass is 79.9. The summed E-state index contributed by atoms with van der Waals surface area (Å²) in [6, 6.07) is 16.4. The van der Waals surface area contributed by atoms with E-state index in [2.05, 4.69) is 31.2 Å². The van der Waals surface area contributed by atoms with Crippen LogP contribution in [0.25, 0.3) is 11.0 Å². The molecule has 32 heavy (non-hydrogen) atoms. The molecule has 2 N–H and O–H groups in total. The van der Waals surface area contributed by atoms with Crippen LogP contribution in [-0.2, 0) is 19.6 Å². The summed E-state index contributed by atoms with van der Waals surface area (Å²) in [7, 11) is 1.57. The quantitative estimate of drug-likeness (QED) is 0.265. The zero-order valence-corrected chi connectivity index (χ0v) is 19.8. The van der Waals surface area contributed by atoms with E-state index >= 15 is 0 Å². The predicted molar refractivity (Wildman–Crippen MR) is 128 cm³/mol. The van der Waals surface area contributed by atoms with Gasteiger partial charge in [0, 0.05) is 25.1 Å². The topological polar surface area (TPSA) is 59.2 Å². The minimum atomic E-state index is -0.405. The third kappa shape index (κ3) is 5.23. The Bertz CT molecular complexity index is 1180. The molecule has 0 bridgehead atoms. The van der Waals surface area contributed by atoms with Crippen molar-refractivity contribution >= 4 is 38.6 Å². The lowest BCUT2D eigenvalue weighted by molar-refractivity contribution is 0.277. The van der Waals surface area contributed by atoms with Crippen molar-refractivity contribution < 1.29 is 13.9 Å². The first-order valence-electron chi connectivity index (χ1n) is 10.1. The van der Waals surface area contributed by atoms with Gasteiger partial charge in [-0.3, -0.25) is 0 Å². The van der Waals surface area contributed by atoms with Crippen LogP contribution in [0.4, 0.5) is 4.39 Å². The molecule has 1 heterocycles. The van der Waals surface area contributed by atoms with E-state index in [0.29, 0.717) is 28.6 Å². The van der Waals surface area contributed by atoms with Gasteiger partial charge < -0.3 is 19.8 Å². The van der Waals surface area contributed by atoms with Gasteiger partial charge in [-0.05, 0) is 57.9 Å². The van der Waals surface area contributed by atoms with Crippen LogP contribution in [0, 0.1) is 5.82 Å². The van der Waals surface area contributed by atoms with E-state index in [0.717, 1.165) is 39.9 Å². The molecule has 0 atom stereocenters. The maximum atomic E-state index is 14.0. The number of fused-ring (bicyclic) bond motifs is 1. The highest BCUT2D eigenvalue weighted by Gasteiger charge is 2.14. The molecule has 0 aliphatic heterocycles. The van der Waals surface area contributed by atoms with Gasteiger partial charge in [-0.2, -0.15) is 0 Å². The summed E-state index contributed by atoms with van der Waals surface area (Å²) in [4.78, 5) is 7.93. The molecule has 4 rings (SSSR count). The van der Waals surface area contributed by atoms with Crippen LogP contribution in [0.3, 0.4) is 0 Å². The van der Waals surface area contributed by atoms with Crippen molar-refractivity contribution in [2.24, 2.45) is 0 Å². The number of methoxy groups -OCH3 is 1. The third-order valence-corrected chi connectivity index (χ3v) is 5.96. The van der Waals surface area contributed by atoms with Crippen molar-refractivity contribution in [2.75, 3.05) is 13.7 Å². The van der Waals surface area contributed by atoms with Crippen LogP contribution in [0.5, 0.6) is 11.5 Å². The average Bonchev–Trinajstić information content (AvgIpc) is 3.20. The third-order valence-electron chi connectivity index (χ3n) is 5.02. The zero-order chi connectivity index (χ0) is 22.5. The molecule has 0 aliphatic carbocycles. The lowest BCUT2D eigenvalue weighted by atomic mass is 10.2. The fraction of sp³-hybridized carbons (Fsp3) is 0.208. The second-order valence-corrected chi connectivity index (χ2v) is 8.49. The molecule has 3 aromatic carbocycles. The first kappa shape index (κ1) is 22.6. The van der Waals surface area contributed by atoms with E-state index in [1.165, 1.54) is 6.07 Å². The normalized spacial score (nSPS) is 11.1.